The molecule has 0 saturated heterocycles. The zero-order valence-corrected chi connectivity index (χ0v) is 12.6. The SMILES string of the molecule is CC1(C)CCC(N)C(Cc2ccc(F)cc2Br)C1. The van der Waals surface area contributed by atoms with E-state index in [1.807, 2.05) is 6.07 Å². The van der Waals surface area contributed by atoms with Gasteiger partial charge in [-0.15, -0.1) is 0 Å². The van der Waals surface area contributed by atoms with Crippen LogP contribution in [0.25, 0.3) is 0 Å². The van der Waals surface area contributed by atoms with Crippen molar-refractivity contribution in [1.82, 2.24) is 0 Å². The maximum Gasteiger partial charge on any atom is 0.124 e. The highest BCUT2D eigenvalue weighted by atomic mass is 79.9. The molecule has 1 aliphatic carbocycles. The summed E-state index contributed by atoms with van der Waals surface area (Å²) in [5, 5.41) is 0. The average Bonchev–Trinajstić information content (AvgIpc) is 2.27. The maximum atomic E-state index is 13.1. The van der Waals surface area contributed by atoms with Crippen molar-refractivity contribution in [2.45, 2.75) is 45.6 Å². The Morgan fingerprint density at radius 1 is 1.44 bits per heavy atom. The Morgan fingerprint density at radius 2 is 2.17 bits per heavy atom. The third-order valence-electron chi connectivity index (χ3n) is 4.07. The van der Waals surface area contributed by atoms with Crippen molar-refractivity contribution in [3.8, 4) is 0 Å². The molecule has 1 aromatic rings. The largest absolute Gasteiger partial charge is 0.327 e. The molecule has 2 rings (SSSR count). The second-order valence-electron chi connectivity index (χ2n) is 6.27. The van der Waals surface area contributed by atoms with Crippen LogP contribution in [-0.2, 0) is 6.42 Å². The molecular weight excluding hydrogens is 293 g/mol. The van der Waals surface area contributed by atoms with E-state index in [2.05, 4.69) is 29.8 Å². The van der Waals surface area contributed by atoms with Crippen LogP contribution in [0.5, 0.6) is 0 Å². The van der Waals surface area contributed by atoms with Crippen LogP contribution in [-0.4, -0.2) is 6.04 Å². The van der Waals surface area contributed by atoms with E-state index < -0.39 is 0 Å². The Balaban J connectivity index is 2.12. The molecule has 1 aromatic carbocycles. The van der Waals surface area contributed by atoms with Crippen LogP contribution in [0.2, 0.25) is 0 Å². The normalized spacial score (nSPS) is 27.2. The molecule has 0 aliphatic heterocycles. The summed E-state index contributed by atoms with van der Waals surface area (Å²) >= 11 is 3.44. The molecule has 0 radical (unpaired) electrons. The lowest BCUT2D eigenvalue weighted by Crippen LogP contribution is -2.40. The predicted molar refractivity (Wildman–Crippen MR) is 76.9 cm³/mol. The number of hydrogen-bond donors (Lipinski definition) is 1. The van der Waals surface area contributed by atoms with Gasteiger partial charge in [-0.2, -0.15) is 0 Å². The van der Waals surface area contributed by atoms with Crippen molar-refractivity contribution in [2.24, 2.45) is 17.1 Å². The van der Waals surface area contributed by atoms with Gasteiger partial charge in [0.1, 0.15) is 5.82 Å². The van der Waals surface area contributed by atoms with Gasteiger partial charge in [0.05, 0.1) is 0 Å². The molecule has 1 fully saturated rings. The van der Waals surface area contributed by atoms with E-state index in [-0.39, 0.29) is 11.9 Å². The van der Waals surface area contributed by atoms with Gasteiger partial charge in [-0.1, -0.05) is 35.8 Å². The molecule has 0 amide bonds. The van der Waals surface area contributed by atoms with Crippen molar-refractivity contribution in [2.75, 3.05) is 0 Å². The van der Waals surface area contributed by atoms with Gasteiger partial charge in [0.15, 0.2) is 0 Å². The van der Waals surface area contributed by atoms with Gasteiger partial charge in [-0.25, -0.2) is 4.39 Å². The van der Waals surface area contributed by atoms with Gasteiger partial charge in [-0.05, 0) is 54.7 Å². The van der Waals surface area contributed by atoms with Crippen LogP contribution >= 0.6 is 15.9 Å². The van der Waals surface area contributed by atoms with Crippen molar-refractivity contribution in [3.63, 3.8) is 0 Å². The lowest BCUT2D eigenvalue weighted by molar-refractivity contribution is 0.157. The van der Waals surface area contributed by atoms with E-state index in [0.717, 1.165) is 29.3 Å². The first-order chi connectivity index (χ1) is 8.37. The summed E-state index contributed by atoms with van der Waals surface area (Å²) in [4.78, 5) is 0. The Bertz CT molecular complexity index is 431. The number of rotatable bonds is 2. The highest BCUT2D eigenvalue weighted by molar-refractivity contribution is 9.10. The van der Waals surface area contributed by atoms with Crippen LogP contribution in [0.3, 0.4) is 0 Å². The number of nitrogens with two attached hydrogens (primary N) is 1. The first-order valence-electron chi connectivity index (χ1n) is 6.57. The molecule has 1 aliphatic rings. The summed E-state index contributed by atoms with van der Waals surface area (Å²) in [6, 6.07) is 5.21. The highest BCUT2D eigenvalue weighted by Gasteiger charge is 2.33. The zero-order valence-electron chi connectivity index (χ0n) is 11.0. The lowest BCUT2D eigenvalue weighted by atomic mass is 9.68. The Hall–Kier alpha value is -0.410. The first-order valence-corrected chi connectivity index (χ1v) is 7.36. The summed E-state index contributed by atoms with van der Waals surface area (Å²) in [7, 11) is 0. The van der Waals surface area contributed by atoms with E-state index in [1.165, 1.54) is 18.6 Å². The van der Waals surface area contributed by atoms with Crippen molar-refractivity contribution >= 4 is 15.9 Å². The van der Waals surface area contributed by atoms with Gasteiger partial charge in [-0.3, -0.25) is 0 Å². The van der Waals surface area contributed by atoms with E-state index >= 15 is 0 Å². The number of halogens is 2. The molecule has 1 nitrogen and oxygen atoms in total. The van der Waals surface area contributed by atoms with Gasteiger partial charge in [0, 0.05) is 10.5 Å². The third kappa shape index (κ3) is 3.33. The van der Waals surface area contributed by atoms with E-state index in [0.29, 0.717) is 11.3 Å². The fourth-order valence-corrected chi connectivity index (χ4v) is 3.46. The van der Waals surface area contributed by atoms with Crippen LogP contribution in [0.15, 0.2) is 22.7 Å². The minimum absolute atomic E-state index is 0.195. The van der Waals surface area contributed by atoms with Crippen molar-refractivity contribution in [3.05, 3.63) is 34.1 Å². The Kier molecular flexibility index (Phi) is 4.12. The van der Waals surface area contributed by atoms with Crippen LogP contribution in [0.4, 0.5) is 4.39 Å². The smallest absolute Gasteiger partial charge is 0.124 e. The fourth-order valence-electron chi connectivity index (χ4n) is 2.95. The standard InChI is InChI=1S/C15H21BrFN/c1-15(2)6-5-14(18)11(9-15)7-10-3-4-12(17)8-13(10)16/h3-4,8,11,14H,5-7,9,18H2,1-2H3. The fraction of sp³-hybridized carbons (Fsp3) is 0.600. The van der Waals surface area contributed by atoms with Gasteiger partial charge in [0.2, 0.25) is 0 Å². The summed E-state index contributed by atoms with van der Waals surface area (Å²) < 4.78 is 13.9. The maximum absolute atomic E-state index is 13.1. The van der Waals surface area contributed by atoms with E-state index in [1.54, 1.807) is 0 Å². The molecule has 0 heterocycles. The molecule has 0 spiro atoms. The van der Waals surface area contributed by atoms with Crippen LogP contribution in [0.1, 0.15) is 38.7 Å². The quantitative estimate of drug-likeness (QED) is 0.866. The van der Waals surface area contributed by atoms with Crippen LogP contribution < -0.4 is 5.73 Å². The molecule has 1 saturated carbocycles. The summed E-state index contributed by atoms with van der Waals surface area (Å²) in [5.41, 5.74) is 7.78. The number of benzene rings is 1. The van der Waals surface area contributed by atoms with Crippen molar-refractivity contribution < 1.29 is 4.39 Å². The van der Waals surface area contributed by atoms with Crippen LogP contribution in [0, 0.1) is 17.2 Å². The molecule has 3 heteroatoms. The molecule has 0 aromatic heterocycles. The zero-order chi connectivity index (χ0) is 13.3. The summed E-state index contributed by atoms with van der Waals surface area (Å²) in [6.07, 6.45) is 4.38. The van der Waals surface area contributed by atoms with E-state index in [9.17, 15) is 4.39 Å². The summed E-state index contributed by atoms with van der Waals surface area (Å²) in [6.45, 7) is 4.62. The third-order valence-corrected chi connectivity index (χ3v) is 4.81. The second kappa shape index (κ2) is 5.30. The molecule has 0 bridgehead atoms. The monoisotopic (exact) mass is 313 g/mol. The Labute approximate surface area is 117 Å². The van der Waals surface area contributed by atoms with E-state index in [4.69, 9.17) is 5.73 Å². The molecule has 18 heavy (non-hydrogen) atoms. The summed E-state index contributed by atoms with van der Waals surface area (Å²) in [5.74, 6) is 0.300. The first kappa shape index (κ1) is 14.0. The minimum Gasteiger partial charge on any atom is -0.327 e. The predicted octanol–water partition coefficient (Wildman–Crippen LogP) is 4.28. The van der Waals surface area contributed by atoms with Gasteiger partial charge < -0.3 is 5.73 Å². The molecule has 2 atom stereocenters. The second-order valence-corrected chi connectivity index (χ2v) is 7.13. The average molecular weight is 314 g/mol. The van der Waals surface area contributed by atoms with Gasteiger partial charge >= 0.3 is 0 Å². The molecule has 2 N–H and O–H groups in total. The van der Waals surface area contributed by atoms with Crippen molar-refractivity contribution in [1.29, 1.82) is 0 Å². The molecular formula is C15H21BrFN. The highest BCUT2D eigenvalue weighted by Crippen LogP contribution is 2.40. The lowest BCUT2D eigenvalue weighted by Gasteiger charge is -2.39. The molecule has 2 unspecified atom stereocenters. The Morgan fingerprint density at radius 3 is 2.83 bits per heavy atom. The minimum atomic E-state index is -0.195. The molecule has 100 valence electrons. The van der Waals surface area contributed by atoms with Gasteiger partial charge in [0.25, 0.3) is 0 Å². The topological polar surface area (TPSA) is 26.0 Å². The number of hydrogen-bond acceptors (Lipinski definition) is 1.